The summed E-state index contributed by atoms with van der Waals surface area (Å²) in [7, 11) is 0. The lowest BCUT2D eigenvalue weighted by Crippen LogP contribution is -2.19. The summed E-state index contributed by atoms with van der Waals surface area (Å²) < 4.78 is 2.31. The Balaban J connectivity index is 2.89. The van der Waals surface area contributed by atoms with Gasteiger partial charge in [0.1, 0.15) is 6.07 Å². The molecule has 0 radical (unpaired) electrons. The number of hydrogen-bond acceptors (Lipinski definition) is 1. The summed E-state index contributed by atoms with van der Waals surface area (Å²) in [6.45, 7) is 9.67. The summed E-state index contributed by atoms with van der Waals surface area (Å²) in [5.41, 5.74) is 3.17. The van der Waals surface area contributed by atoms with Gasteiger partial charge in [0.15, 0.2) is 0 Å². The lowest BCUT2D eigenvalue weighted by Gasteiger charge is -2.22. The molecule has 0 aliphatic heterocycles. The van der Waals surface area contributed by atoms with Crippen LogP contribution in [-0.2, 0) is 12.0 Å². The van der Waals surface area contributed by atoms with Gasteiger partial charge >= 0.3 is 0 Å². The van der Waals surface area contributed by atoms with Gasteiger partial charge in [0.05, 0.1) is 5.56 Å². The minimum atomic E-state index is -0.0146. The lowest BCUT2D eigenvalue weighted by molar-refractivity contribution is 0.518. The Kier molecular flexibility index (Phi) is 3.17. The van der Waals surface area contributed by atoms with Gasteiger partial charge in [-0.1, -0.05) is 45.9 Å². The van der Waals surface area contributed by atoms with E-state index in [0.29, 0.717) is 0 Å². The summed E-state index contributed by atoms with van der Waals surface area (Å²) in [5.74, 6) is 0. The number of benzene rings is 1. The molecule has 2 aromatic rings. The molecule has 1 aromatic carbocycles. The first kappa shape index (κ1) is 12.7. The number of para-hydroxylation sites is 1. The van der Waals surface area contributed by atoms with Crippen molar-refractivity contribution in [1.82, 2.24) is 4.57 Å². The largest absolute Gasteiger partial charge is 0.343 e. The zero-order chi connectivity index (χ0) is 13.3. The van der Waals surface area contributed by atoms with Gasteiger partial charge < -0.3 is 4.57 Å². The Bertz CT molecular complexity index is 606. The molecule has 0 atom stereocenters. The highest BCUT2D eigenvalue weighted by atomic mass is 15.0. The van der Waals surface area contributed by atoms with E-state index in [1.807, 2.05) is 12.1 Å². The second kappa shape index (κ2) is 4.49. The Hall–Kier alpha value is -1.75. The van der Waals surface area contributed by atoms with Gasteiger partial charge in [-0.15, -0.1) is 0 Å². The molecule has 94 valence electrons. The van der Waals surface area contributed by atoms with Crippen molar-refractivity contribution in [1.29, 1.82) is 5.26 Å². The summed E-state index contributed by atoms with van der Waals surface area (Å²) in [4.78, 5) is 0. The minimum Gasteiger partial charge on any atom is -0.343 e. The molecule has 2 heteroatoms. The van der Waals surface area contributed by atoms with E-state index in [1.54, 1.807) is 0 Å². The van der Waals surface area contributed by atoms with Crippen molar-refractivity contribution in [2.24, 2.45) is 0 Å². The van der Waals surface area contributed by atoms with Crippen molar-refractivity contribution in [3.05, 3.63) is 35.5 Å². The maximum absolute atomic E-state index is 9.50. The fraction of sp³-hybridized carbons (Fsp3) is 0.438. The SMILES string of the molecule is CCCn1c(C(C)(C)C)c(C#N)c2ccccc21. The highest BCUT2D eigenvalue weighted by Crippen LogP contribution is 2.34. The molecule has 0 bridgehead atoms. The van der Waals surface area contributed by atoms with Gasteiger partial charge in [0.25, 0.3) is 0 Å². The molecule has 0 amide bonds. The Morgan fingerprint density at radius 1 is 1.22 bits per heavy atom. The Morgan fingerprint density at radius 2 is 1.89 bits per heavy atom. The van der Waals surface area contributed by atoms with Crippen LogP contribution in [0.1, 0.15) is 45.4 Å². The molecule has 0 fully saturated rings. The predicted molar refractivity (Wildman–Crippen MR) is 75.6 cm³/mol. The molecule has 18 heavy (non-hydrogen) atoms. The highest BCUT2D eigenvalue weighted by Gasteiger charge is 2.26. The van der Waals surface area contributed by atoms with Crippen molar-refractivity contribution >= 4 is 10.9 Å². The Morgan fingerprint density at radius 3 is 2.44 bits per heavy atom. The number of nitrogens with zero attached hydrogens (tertiary/aromatic N) is 2. The van der Waals surface area contributed by atoms with Crippen LogP contribution in [0.2, 0.25) is 0 Å². The van der Waals surface area contributed by atoms with E-state index in [1.165, 1.54) is 5.52 Å². The predicted octanol–water partition coefficient (Wildman–Crippen LogP) is 4.22. The van der Waals surface area contributed by atoms with E-state index in [2.05, 4.69) is 50.5 Å². The molecule has 0 saturated heterocycles. The van der Waals surface area contributed by atoms with Crippen LogP contribution in [0.25, 0.3) is 10.9 Å². The lowest BCUT2D eigenvalue weighted by atomic mass is 9.89. The molecular formula is C16H20N2. The van der Waals surface area contributed by atoms with Crippen LogP contribution >= 0.6 is 0 Å². The smallest absolute Gasteiger partial charge is 0.102 e. The molecule has 1 aromatic heterocycles. The Labute approximate surface area is 109 Å². The second-order valence-electron chi connectivity index (χ2n) is 5.75. The molecular weight excluding hydrogens is 220 g/mol. The summed E-state index contributed by atoms with van der Waals surface area (Å²) in [5, 5.41) is 10.6. The van der Waals surface area contributed by atoms with Crippen molar-refractivity contribution < 1.29 is 0 Å². The number of fused-ring (bicyclic) bond motifs is 1. The van der Waals surface area contributed by atoms with Crippen LogP contribution in [0.3, 0.4) is 0 Å². The molecule has 0 saturated carbocycles. The fourth-order valence-electron chi connectivity index (χ4n) is 2.65. The summed E-state index contributed by atoms with van der Waals surface area (Å²) >= 11 is 0. The molecule has 2 nitrogen and oxygen atoms in total. The van der Waals surface area contributed by atoms with Crippen LogP contribution in [0.5, 0.6) is 0 Å². The molecule has 1 heterocycles. The van der Waals surface area contributed by atoms with E-state index >= 15 is 0 Å². The van der Waals surface area contributed by atoms with Crippen molar-refractivity contribution in [2.75, 3.05) is 0 Å². The third-order valence-corrected chi connectivity index (χ3v) is 3.24. The molecule has 0 aliphatic carbocycles. The van der Waals surface area contributed by atoms with E-state index in [-0.39, 0.29) is 5.41 Å². The van der Waals surface area contributed by atoms with Gasteiger partial charge in [0, 0.05) is 28.6 Å². The van der Waals surface area contributed by atoms with Gasteiger partial charge in [-0.25, -0.2) is 0 Å². The third-order valence-electron chi connectivity index (χ3n) is 3.24. The van der Waals surface area contributed by atoms with E-state index in [4.69, 9.17) is 0 Å². The number of rotatable bonds is 2. The molecule has 0 aliphatic rings. The minimum absolute atomic E-state index is 0.0146. The van der Waals surface area contributed by atoms with Crippen LogP contribution in [0, 0.1) is 11.3 Å². The molecule has 0 N–H and O–H groups in total. The maximum Gasteiger partial charge on any atom is 0.102 e. The summed E-state index contributed by atoms with van der Waals surface area (Å²) in [6.07, 6.45) is 1.08. The van der Waals surface area contributed by atoms with E-state index in [9.17, 15) is 5.26 Å². The van der Waals surface area contributed by atoms with Crippen LogP contribution in [0.4, 0.5) is 0 Å². The monoisotopic (exact) mass is 240 g/mol. The van der Waals surface area contributed by atoms with Crippen molar-refractivity contribution in [3.63, 3.8) is 0 Å². The fourth-order valence-corrected chi connectivity index (χ4v) is 2.65. The first-order valence-corrected chi connectivity index (χ1v) is 6.52. The average Bonchev–Trinajstić information content (AvgIpc) is 2.64. The quantitative estimate of drug-likeness (QED) is 0.772. The number of aryl methyl sites for hydroxylation is 1. The van der Waals surface area contributed by atoms with E-state index in [0.717, 1.165) is 29.6 Å². The topological polar surface area (TPSA) is 28.7 Å². The van der Waals surface area contributed by atoms with Crippen molar-refractivity contribution in [2.45, 2.75) is 46.1 Å². The summed E-state index contributed by atoms with van der Waals surface area (Å²) in [6, 6.07) is 10.6. The van der Waals surface area contributed by atoms with Crippen LogP contribution in [0.15, 0.2) is 24.3 Å². The molecule has 0 spiro atoms. The standard InChI is InChI=1S/C16H20N2/c1-5-10-18-14-9-7-6-8-12(14)13(11-17)15(18)16(2,3)4/h6-9H,5,10H2,1-4H3. The van der Waals surface area contributed by atoms with Gasteiger partial charge in [-0.2, -0.15) is 5.26 Å². The first-order chi connectivity index (χ1) is 8.50. The van der Waals surface area contributed by atoms with Gasteiger partial charge in [-0.05, 0) is 12.5 Å². The van der Waals surface area contributed by atoms with Gasteiger partial charge in [-0.3, -0.25) is 0 Å². The second-order valence-corrected chi connectivity index (χ2v) is 5.75. The maximum atomic E-state index is 9.50. The third kappa shape index (κ3) is 1.90. The van der Waals surface area contributed by atoms with Crippen molar-refractivity contribution in [3.8, 4) is 6.07 Å². The van der Waals surface area contributed by atoms with Crippen LogP contribution < -0.4 is 0 Å². The zero-order valence-electron chi connectivity index (χ0n) is 11.6. The normalized spacial score (nSPS) is 11.7. The number of hydrogen-bond donors (Lipinski definition) is 0. The number of aromatic nitrogens is 1. The average molecular weight is 240 g/mol. The number of nitriles is 1. The molecule has 2 rings (SSSR count). The van der Waals surface area contributed by atoms with E-state index < -0.39 is 0 Å². The zero-order valence-corrected chi connectivity index (χ0v) is 11.6. The molecule has 0 unspecified atom stereocenters. The first-order valence-electron chi connectivity index (χ1n) is 6.52. The highest BCUT2D eigenvalue weighted by molar-refractivity contribution is 5.88. The van der Waals surface area contributed by atoms with Gasteiger partial charge in [0.2, 0.25) is 0 Å². The van der Waals surface area contributed by atoms with Crippen LogP contribution in [-0.4, -0.2) is 4.57 Å².